The summed E-state index contributed by atoms with van der Waals surface area (Å²) in [6.45, 7) is 7.27. The van der Waals surface area contributed by atoms with E-state index in [9.17, 15) is 9.59 Å². The third kappa shape index (κ3) is 4.81. The number of hydrogen-bond donors (Lipinski definition) is 1. The van der Waals surface area contributed by atoms with Gasteiger partial charge in [-0.25, -0.2) is 0 Å². The average Bonchev–Trinajstić information content (AvgIpc) is 2.90. The van der Waals surface area contributed by atoms with Gasteiger partial charge in [-0.2, -0.15) is 0 Å². The molecule has 3 aliphatic heterocycles. The van der Waals surface area contributed by atoms with Crippen LogP contribution in [-0.2, 0) is 14.3 Å². The quantitative estimate of drug-likeness (QED) is 0.459. The normalized spacial score (nSPS) is 22.4. The molecule has 3 aliphatic rings. The Morgan fingerprint density at radius 3 is 2.22 bits per heavy atom. The van der Waals surface area contributed by atoms with Crippen molar-refractivity contribution >= 4 is 23.4 Å². The van der Waals surface area contributed by atoms with Gasteiger partial charge in [-0.15, -0.1) is 0 Å². The molecule has 8 nitrogen and oxygen atoms in total. The van der Waals surface area contributed by atoms with E-state index in [-0.39, 0.29) is 29.8 Å². The number of rotatable bonds is 5. The van der Waals surface area contributed by atoms with Crippen LogP contribution in [0.3, 0.4) is 0 Å². The van der Waals surface area contributed by atoms with Gasteiger partial charge >= 0.3 is 0 Å². The Morgan fingerprint density at radius 2 is 1.56 bits per heavy atom. The van der Waals surface area contributed by atoms with E-state index >= 15 is 0 Å². The third-order valence-corrected chi connectivity index (χ3v) is 5.30. The highest BCUT2D eigenvalue weighted by Gasteiger charge is 2.40. The fourth-order valence-corrected chi connectivity index (χ4v) is 3.66. The molecule has 0 unspecified atom stereocenters. The molecule has 1 N–H and O–H groups in total. The van der Waals surface area contributed by atoms with E-state index in [1.54, 1.807) is 0 Å². The van der Waals surface area contributed by atoms with Gasteiger partial charge in [0.25, 0.3) is 11.8 Å². The lowest BCUT2D eigenvalue weighted by Crippen LogP contribution is -2.47. The van der Waals surface area contributed by atoms with E-state index in [1.807, 2.05) is 4.90 Å². The molecule has 0 aromatic rings. The van der Waals surface area contributed by atoms with Gasteiger partial charge < -0.3 is 14.7 Å². The van der Waals surface area contributed by atoms with Crippen LogP contribution in [0.5, 0.6) is 0 Å². The highest BCUT2D eigenvalue weighted by molar-refractivity contribution is 6.47. The van der Waals surface area contributed by atoms with Crippen molar-refractivity contribution in [2.75, 3.05) is 78.7 Å². The molecular weight excluding hydrogens is 372 g/mol. The minimum absolute atomic E-state index is 0.0243. The van der Waals surface area contributed by atoms with Crippen molar-refractivity contribution in [2.24, 2.45) is 0 Å². The smallest absolute Gasteiger partial charge is 0.279 e. The monoisotopic (exact) mass is 396 g/mol. The molecule has 0 aliphatic carbocycles. The molecule has 148 valence electrons. The Balaban J connectivity index is 1.49. The first kappa shape index (κ1) is 20.1. The van der Waals surface area contributed by atoms with Crippen molar-refractivity contribution in [1.29, 1.82) is 0 Å². The average molecular weight is 397 g/mol. The van der Waals surface area contributed by atoms with Crippen LogP contribution >= 0.6 is 11.6 Å². The van der Waals surface area contributed by atoms with Gasteiger partial charge in [-0.3, -0.25) is 24.3 Å². The molecule has 0 saturated carbocycles. The van der Waals surface area contributed by atoms with E-state index in [1.165, 1.54) is 0 Å². The summed E-state index contributed by atoms with van der Waals surface area (Å²) in [6.07, 6.45) is 0. The molecule has 3 rings (SSSR count). The van der Waals surface area contributed by atoms with Crippen molar-refractivity contribution in [3.63, 3.8) is 0 Å². The summed E-state index contributed by atoms with van der Waals surface area (Å²) < 4.78 is 5.28. The summed E-state index contributed by atoms with van der Waals surface area (Å²) >= 11 is 6.13. The molecule has 0 aromatic heterocycles. The van der Waals surface area contributed by atoms with Crippen LogP contribution in [0.25, 0.3) is 0 Å². The molecule has 3 heterocycles. The lowest BCUT2D eigenvalue weighted by Gasteiger charge is -2.33. The second kappa shape index (κ2) is 9.53. The minimum Gasteiger partial charge on any atom is -0.395 e. The number of piperazine rings is 1. The number of imide groups is 1. The van der Waals surface area contributed by atoms with Gasteiger partial charge in [0.1, 0.15) is 10.7 Å². The summed E-state index contributed by atoms with van der Waals surface area (Å²) in [5.74, 6) is 5.12. The summed E-state index contributed by atoms with van der Waals surface area (Å²) in [5, 5.41) is 8.94. The number of aliphatic hydroxyl groups is 1. The Bertz CT molecular complexity index is 658. The first-order chi connectivity index (χ1) is 13.1. The zero-order valence-electron chi connectivity index (χ0n) is 15.3. The zero-order valence-corrected chi connectivity index (χ0v) is 16.1. The second-order valence-electron chi connectivity index (χ2n) is 6.65. The van der Waals surface area contributed by atoms with E-state index in [4.69, 9.17) is 21.4 Å². The van der Waals surface area contributed by atoms with Gasteiger partial charge in [0.15, 0.2) is 0 Å². The van der Waals surface area contributed by atoms with Gasteiger partial charge in [0.05, 0.1) is 32.9 Å². The number of ether oxygens (including phenoxy) is 1. The first-order valence-corrected chi connectivity index (χ1v) is 9.59. The predicted octanol–water partition coefficient (Wildman–Crippen LogP) is -1.25. The number of β-amino-alcohol motifs (C(OH)–C–C–N with tert-alkyl or cyclic N) is 1. The van der Waals surface area contributed by atoms with Crippen LogP contribution in [0, 0.1) is 11.8 Å². The van der Waals surface area contributed by atoms with Gasteiger partial charge in [0.2, 0.25) is 0 Å². The maximum atomic E-state index is 12.6. The molecule has 2 fully saturated rings. The minimum atomic E-state index is -0.477. The highest BCUT2D eigenvalue weighted by atomic mass is 35.5. The van der Waals surface area contributed by atoms with E-state index in [0.717, 1.165) is 31.1 Å². The number of carbonyl (C=O) groups excluding carboxylic acids is 2. The fraction of sp³-hybridized carbons (Fsp3) is 0.667. The van der Waals surface area contributed by atoms with Crippen molar-refractivity contribution in [3.8, 4) is 11.8 Å². The molecule has 27 heavy (non-hydrogen) atoms. The number of amides is 2. The van der Waals surface area contributed by atoms with Gasteiger partial charge in [-0.05, 0) is 0 Å². The van der Waals surface area contributed by atoms with Gasteiger partial charge in [-0.1, -0.05) is 23.4 Å². The fourth-order valence-electron chi connectivity index (χ4n) is 3.35. The highest BCUT2D eigenvalue weighted by Crippen LogP contribution is 2.26. The Kier molecular flexibility index (Phi) is 7.10. The number of hydrogen-bond acceptors (Lipinski definition) is 7. The molecular formula is C18H25ClN4O4. The molecule has 2 saturated heterocycles. The lowest BCUT2D eigenvalue weighted by atomic mass is 10.3. The van der Waals surface area contributed by atoms with Crippen molar-refractivity contribution < 1.29 is 19.4 Å². The summed E-state index contributed by atoms with van der Waals surface area (Å²) in [5.41, 5.74) is 0.270. The van der Waals surface area contributed by atoms with Crippen molar-refractivity contribution in [2.45, 2.75) is 0 Å². The Morgan fingerprint density at radius 1 is 0.926 bits per heavy atom. The second-order valence-corrected chi connectivity index (χ2v) is 7.03. The Hall–Kier alpha value is -1.63. The maximum Gasteiger partial charge on any atom is 0.279 e. The van der Waals surface area contributed by atoms with E-state index < -0.39 is 5.91 Å². The topological polar surface area (TPSA) is 76.6 Å². The summed E-state index contributed by atoms with van der Waals surface area (Å²) in [7, 11) is 0. The summed E-state index contributed by atoms with van der Waals surface area (Å²) in [4.78, 5) is 32.3. The van der Waals surface area contributed by atoms with Crippen LogP contribution in [0.2, 0.25) is 0 Å². The number of halogens is 1. The predicted molar refractivity (Wildman–Crippen MR) is 99.7 cm³/mol. The SMILES string of the molecule is O=C1C(Cl)=C(N2CCOCC2)C(=O)N1CC#CCN1CCN(CCO)CC1. The third-order valence-electron chi connectivity index (χ3n) is 4.96. The van der Waals surface area contributed by atoms with Crippen LogP contribution in [0.4, 0.5) is 0 Å². The van der Waals surface area contributed by atoms with Gasteiger partial charge in [0, 0.05) is 45.8 Å². The largest absolute Gasteiger partial charge is 0.395 e. The van der Waals surface area contributed by atoms with Crippen molar-refractivity contribution in [3.05, 3.63) is 10.7 Å². The van der Waals surface area contributed by atoms with E-state index in [0.29, 0.717) is 39.4 Å². The first-order valence-electron chi connectivity index (χ1n) is 9.21. The number of carbonyl (C=O) groups is 2. The van der Waals surface area contributed by atoms with E-state index in [2.05, 4.69) is 21.6 Å². The molecule has 2 amide bonds. The van der Waals surface area contributed by atoms with Crippen molar-refractivity contribution in [1.82, 2.24) is 19.6 Å². The molecule has 0 bridgehead atoms. The summed E-state index contributed by atoms with van der Waals surface area (Å²) in [6, 6.07) is 0. The number of morpholine rings is 1. The molecule has 0 radical (unpaired) electrons. The number of nitrogens with zero attached hydrogens (tertiary/aromatic N) is 4. The number of aliphatic hydroxyl groups excluding tert-OH is 1. The molecule has 0 spiro atoms. The molecule has 0 aromatic carbocycles. The maximum absolute atomic E-state index is 12.6. The van der Waals surface area contributed by atoms with Crippen LogP contribution in [0.15, 0.2) is 10.7 Å². The molecule has 0 atom stereocenters. The molecule has 9 heteroatoms. The Labute approximate surface area is 164 Å². The standard InChI is InChI=1S/C18H25ClN4O4/c19-15-16(22-10-13-27-14-11-22)18(26)23(17(15)25)4-2-1-3-20-5-7-21(8-6-20)9-12-24/h24H,3-14H2. The van der Waals surface area contributed by atoms with Crippen LogP contribution in [0.1, 0.15) is 0 Å². The lowest BCUT2D eigenvalue weighted by molar-refractivity contribution is -0.137. The zero-order chi connectivity index (χ0) is 19.2. The van der Waals surface area contributed by atoms with Crippen LogP contribution in [-0.4, -0.2) is 115 Å². The van der Waals surface area contributed by atoms with Crippen LogP contribution < -0.4 is 0 Å².